The van der Waals surface area contributed by atoms with Crippen molar-refractivity contribution < 1.29 is 4.74 Å². The van der Waals surface area contributed by atoms with Crippen molar-refractivity contribution >= 4 is 10.9 Å². The first-order chi connectivity index (χ1) is 13.9. The van der Waals surface area contributed by atoms with E-state index < -0.39 is 0 Å². The summed E-state index contributed by atoms with van der Waals surface area (Å²) in [5.74, 6) is 0.955. The van der Waals surface area contributed by atoms with E-state index >= 15 is 0 Å². The van der Waals surface area contributed by atoms with Gasteiger partial charge in [-0.3, -0.25) is 0 Å². The van der Waals surface area contributed by atoms with E-state index in [9.17, 15) is 0 Å². The van der Waals surface area contributed by atoms with E-state index in [0.29, 0.717) is 0 Å². The lowest BCUT2D eigenvalue weighted by Crippen LogP contribution is -2.50. The highest BCUT2D eigenvalue weighted by Crippen LogP contribution is 2.33. The van der Waals surface area contributed by atoms with Gasteiger partial charge in [-0.2, -0.15) is 0 Å². The van der Waals surface area contributed by atoms with Crippen LogP contribution in [0.1, 0.15) is 22.7 Å². The molecule has 1 saturated heterocycles. The second kappa shape index (κ2) is 7.45. The van der Waals surface area contributed by atoms with Crippen LogP contribution < -0.4 is 10.1 Å². The number of aromatic nitrogens is 1. The predicted octanol–water partition coefficient (Wildman–Crippen LogP) is 4.77. The Balaban J connectivity index is 1.63. The van der Waals surface area contributed by atoms with Gasteiger partial charge in [0.2, 0.25) is 0 Å². The molecule has 1 aromatic heterocycles. The van der Waals surface area contributed by atoms with E-state index in [1.54, 1.807) is 0 Å². The number of ether oxygens (including phenoxy) is 1. The van der Waals surface area contributed by atoms with E-state index in [0.717, 1.165) is 35.4 Å². The van der Waals surface area contributed by atoms with Gasteiger partial charge >= 0.3 is 0 Å². The first-order valence-corrected chi connectivity index (χ1v) is 9.75. The molecule has 1 aliphatic rings. The van der Waals surface area contributed by atoms with Gasteiger partial charge in [0.25, 0.3) is 0 Å². The molecule has 138 valence electrons. The largest absolute Gasteiger partial charge is 0.485 e. The van der Waals surface area contributed by atoms with Crippen LogP contribution in [0.2, 0.25) is 0 Å². The van der Waals surface area contributed by atoms with Crippen molar-refractivity contribution in [3.63, 3.8) is 0 Å². The van der Waals surface area contributed by atoms with Crippen molar-refractivity contribution in [1.82, 2.24) is 10.3 Å². The lowest BCUT2D eigenvalue weighted by molar-refractivity contribution is 0.144. The summed E-state index contributed by atoms with van der Waals surface area (Å²) in [5.41, 5.74) is 4.45. The molecule has 3 aromatic carbocycles. The van der Waals surface area contributed by atoms with Crippen LogP contribution in [0.3, 0.4) is 0 Å². The summed E-state index contributed by atoms with van der Waals surface area (Å²) in [6, 6.07) is 31.6. The average Bonchev–Trinajstić information content (AvgIpc) is 2.73. The standard InChI is InChI=1S/C25H22N2O/c1-3-8-18(9-4-1)24(19-10-5-2-6-11-19)22-15-14-20-12-7-13-23(25(20)27-22)28-21-16-26-17-21/h1-15,21,24,26H,16-17H2. The highest BCUT2D eigenvalue weighted by Gasteiger charge is 2.21. The summed E-state index contributed by atoms with van der Waals surface area (Å²) < 4.78 is 6.18. The molecule has 1 aliphatic heterocycles. The number of para-hydroxylation sites is 1. The summed E-state index contributed by atoms with van der Waals surface area (Å²) >= 11 is 0. The SMILES string of the molecule is c1ccc(C(c2ccccc2)c2ccc3cccc(OC4CNC4)c3n2)cc1. The highest BCUT2D eigenvalue weighted by molar-refractivity contribution is 5.84. The zero-order chi connectivity index (χ0) is 18.8. The number of benzene rings is 3. The molecule has 3 nitrogen and oxygen atoms in total. The normalized spacial score (nSPS) is 14.2. The van der Waals surface area contributed by atoms with Gasteiger partial charge in [-0.05, 0) is 23.3 Å². The van der Waals surface area contributed by atoms with Gasteiger partial charge in [0.1, 0.15) is 17.4 Å². The van der Waals surface area contributed by atoms with Gasteiger partial charge in [-0.25, -0.2) is 4.98 Å². The molecule has 5 rings (SSSR count). The summed E-state index contributed by atoms with van der Waals surface area (Å²) in [7, 11) is 0. The van der Waals surface area contributed by atoms with Crippen LogP contribution in [-0.2, 0) is 0 Å². The Labute approximate surface area is 165 Å². The molecule has 0 amide bonds. The first-order valence-electron chi connectivity index (χ1n) is 9.75. The molecule has 0 spiro atoms. The Kier molecular flexibility index (Phi) is 4.51. The topological polar surface area (TPSA) is 34.1 Å². The molecule has 1 N–H and O–H groups in total. The second-order valence-corrected chi connectivity index (χ2v) is 7.22. The van der Waals surface area contributed by atoms with Gasteiger partial charge in [-0.1, -0.05) is 78.9 Å². The van der Waals surface area contributed by atoms with Crippen LogP contribution in [0.25, 0.3) is 10.9 Å². The predicted molar refractivity (Wildman–Crippen MR) is 113 cm³/mol. The zero-order valence-electron chi connectivity index (χ0n) is 15.6. The maximum atomic E-state index is 6.18. The fourth-order valence-corrected chi connectivity index (χ4v) is 3.74. The Morgan fingerprint density at radius 1 is 0.750 bits per heavy atom. The van der Waals surface area contributed by atoms with Gasteiger partial charge in [-0.15, -0.1) is 0 Å². The molecule has 0 saturated carbocycles. The Morgan fingerprint density at radius 3 is 2.04 bits per heavy atom. The lowest BCUT2D eigenvalue weighted by Gasteiger charge is -2.28. The fraction of sp³-hybridized carbons (Fsp3) is 0.160. The van der Waals surface area contributed by atoms with E-state index in [4.69, 9.17) is 9.72 Å². The third-order valence-electron chi connectivity index (χ3n) is 5.30. The van der Waals surface area contributed by atoms with E-state index in [-0.39, 0.29) is 12.0 Å². The van der Waals surface area contributed by atoms with Crippen LogP contribution in [0.4, 0.5) is 0 Å². The Morgan fingerprint density at radius 2 is 1.43 bits per heavy atom. The quantitative estimate of drug-likeness (QED) is 0.553. The smallest absolute Gasteiger partial charge is 0.146 e. The van der Waals surface area contributed by atoms with Gasteiger partial charge in [0.05, 0.1) is 11.6 Å². The van der Waals surface area contributed by atoms with Crippen LogP contribution >= 0.6 is 0 Å². The van der Waals surface area contributed by atoms with Crippen molar-refractivity contribution in [1.29, 1.82) is 0 Å². The molecule has 0 aliphatic carbocycles. The Bertz CT molecular complexity index is 1040. The number of hydrogen-bond acceptors (Lipinski definition) is 3. The van der Waals surface area contributed by atoms with E-state index in [1.165, 1.54) is 11.1 Å². The van der Waals surface area contributed by atoms with Crippen molar-refractivity contribution in [3.05, 3.63) is 108 Å². The third kappa shape index (κ3) is 3.25. The van der Waals surface area contributed by atoms with Gasteiger partial charge in [0, 0.05) is 18.5 Å². The lowest BCUT2D eigenvalue weighted by atomic mass is 9.88. The minimum Gasteiger partial charge on any atom is -0.485 e. The van der Waals surface area contributed by atoms with Crippen molar-refractivity contribution in [2.24, 2.45) is 0 Å². The van der Waals surface area contributed by atoms with Crippen LogP contribution in [-0.4, -0.2) is 24.2 Å². The number of nitrogens with one attached hydrogen (secondary N) is 1. The average molecular weight is 366 g/mol. The molecule has 0 atom stereocenters. The van der Waals surface area contributed by atoms with E-state index in [2.05, 4.69) is 84.2 Å². The van der Waals surface area contributed by atoms with Gasteiger partial charge < -0.3 is 10.1 Å². The van der Waals surface area contributed by atoms with Crippen LogP contribution in [0, 0.1) is 0 Å². The molecule has 28 heavy (non-hydrogen) atoms. The maximum Gasteiger partial charge on any atom is 0.146 e. The number of hydrogen-bond donors (Lipinski definition) is 1. The summed E-state index contributed by atoms with van der Waals surface area (Å²) in [6.07, 6.45) is 0.232. The van der Waals surface area contributed by atoms with Crippen molar-refractivity contribution in [2.75, 3.05) is 13.1 Å². The molecule has 0 bridgehead atoms. The summed E-state index contributed by atoms with van der Waals surface area (Å²) in [5, 5.41) is 4.36. The van der Waals surface area contributed by atoms with Crippen molar-refractivity contribution in [2.45, 2.75) is 12.0 Å². The number of fused-ring (bicyclic) bond motifs is 1. The second-order valence-electron chi connectivity index (χ2n) is 7.22. The third-order valence-corrected chi connectivity index (χ3v) is 5.30. The summed E-state index contributed by atoms with van der Waals surface area (Å²) in [4.78, 5) is 5.09. The Hall–Kier alpha value is -3.17. The fourth-order valence-electron chi connectivity index (χ4n) is 3.74. The molecule has 4 aromatic rings. The number of nitrogens with zero attached hydrogens (tertiary/aromatic N) is 1. The molecule has 1 fully saturated rings. The van der Waals surface area contributed by atoms with E-state index in [1.807, 2.05) is 12.1 Å². The molecule has 2 heterocycles. The van der Waals surface area contributed by atoms with Crippen LogP contribution in [0.5, 0.6) is 5.75 Å². The monoisotopic (exact) mass is 366 g/mol. The number of pyridine rings is 1. The molecule has 3 heteroatoms. The molecule has 0 radical (unpaired) electrons. The van der Waals surface area contributed by atoms with Gasteiger partial charge in [0.15, 0.2) is 0 Å². The minimum absolute atomic E-state index is 0.0882. The zero-order valence-corrected chi connectivity index (χ0v) is 15.6. The molecular formula is C25H22N2O. The van der Waals surface area contributed by atoms with Crippen molar-refractivity contribution in [3.8, 4) is 5.75 Å². The van der Waals surface area contributed by atoms with Crippen LogP contribution in [0.15, 0.2) is 91.0 Å². The summed E-state index contributed by atoms with van der Waals surface area (Å²) in [6.45, 7) is 1.79. The number of rotatable bonds is 5. The maximum absolute atomic E-state index is 6.18. The molecule has 0 unspecified atom stereocenters. The highest BCUT2D eigenvalue weighted by atomic mass is 16.5. The molecular weight excluding hydrogens is 344 g/mol. The first kappa shape index (κ1) is 17.0. The minimum atomic E-state index is 0.0882.